The van der Waals surface area contributed by atoms with Crippen LogP contribution in [0.4, 0.5) is 0 Å². The predicted molar refractivity (Wildman–Crippen MR) is 64.6 cm³/mol. The fraction of sp³-hybridized carbons (Fsp3) is 0.625. The van der Waals surface area contributed by atoms with E-state index in [1.807, 2.05) is 0 Å². The number of carboxylic acids is 3. The fourth-order valence-electron chi connectivity index (χ4n) is 0.714. The summed E-state index contributed by atoms with van der Waals surface area (Å²) in [7, 11) is 0. The Hall–Kier alpha value is -0.312. The van der Waals surface area contributed by atoms with E-state index in [1.54, 1.807) is 0 Å². The summed E-state index contributed by atoms with van der Waals surface area (Å²) in [5, 5.41) is 33.8. The molecule has 0 aliphatic heterocycles. The molecule has 0 amide bonds. The van der Waals surface area contributed by atoms with Crippen LogP contribution in [-0.4, -0.2) is 91.4 Å². The Balaban J connectivity index is -0.000000366. The Morgan fingerprint density at radius 3 is 1.32 bits per heavy atom. The third-order valence-electron chi connectivity index (χ3n) is 1.29. The number of carbonyl (C=O) groups is 3. The van der Waals surface area contributed by atoms with Gasteiger partial charge in [-0.1, -0.05) is 0 Å². The molecule has 108 valence electrons. The Morgan fingerprint density at radius 2 is 1.21 bits per heavy atom. The second-order valence-corrected chi connectivity index (χ2v) is 9.20. The van der Waals surface area contributed by atoms with Crippen molar-refractivity contribution in [1.29, 1.82) is 0 Å². The quantitative estimate of drug-likeness (QED) is 0.358. The van der Waals surface area contributed by atoms with E-state index in [0.717, 1.165) is 0 Å². The molecule has 11 heteroatoms. The molecule has 0 aromatic carbocycles. The average molecular weight is 354 g/mol. The van der Waals surface area contributed by atoms with Crippen LogP contribution in [0.25, 0.3) is 0 Å². The molecule has 0 unspecified atom stereocenters. The van der Waals surface area contributed by atoms with Crippen LogP contribution in [0.2, 0.25) is 11.4 Å². The minimum atomic E-state index is -3.12. The number of rotatable bonds is 5. The van der Waals surface area contributed by atoms with Gasteiger partial charge in [0.1, 0.15) is 0 Å². The molecular weight excluding hydrogens is 338 g/mol. The van der Waals surface area contributed by atoms with Gasteiger partial charge >= 0.3 is 80.6 Å². The zero-order valence-electron chi connectivity index (χ0n) is 9.73. The van der Waals surface area contributed by atoms with E-state index in [0.29, 0.717) is 0 Å². The summed E-state index contributed by atoms with van der Waals surface area (Å²) in [5.41, 5.74) is -0.0197. The maximum absolute atomic E-state index is 10.3. The summed E-state index contributed by atoms with van der Waals surface area (Å²) in [4.78, 5) is 30.5. The van der Waals surface area contributed by atoms with E-state index < -0.39 is 50.2 Å². The number of hydrogen-bond donors (Lipinski definition) is 5. The average Bonchev–Trinajstić information content (AvgIpc) is 1.95. The topological polar surface area (TPSA) is 169 Å². The fourth-order valence-corrected chi connectivity index (χ4v) is 0.714. The normalized spacial score (nSPS) is 10.5. The van der Waals surface area contributed by atoms with Gasteiger partial charge in [-0.25, -0.2) is 4.79 Å². The monoisotopic (exact) mass is 354 g/mol. The first kappa shape index (κ1) is 23.8. The van der Waals surface area contributed by atoms with Crippen molar-refractivity contribution in [3.05, 3.63) is 0 Å². The maximum atomic E-state index is 10.3. The van der Waals surface area contributed by atoms with Crippen LogP contribution in [0.5, 0.6) is 0 Å². The van der Waals surface area contributed by atoms with E-state index in [9.17, 15) is 18.1 Å². The molecule has 0 aliphatic rings. The SMILES string of the molecule is C[As](C)(=O)O.O=C(O)CC(O)(CC(=O)O)C(=O)O.[NaH]. The Labute approximate surface area is 133 Å². The molecule has 0 rings (SSSR count). The van der Waals surface area contributed by atoms with Crippen molar-refractivity contribution in [2.75, 3.05) is 0 Å². The van der Waals surface area contributed by atoms with Gasteiger partial charge in [0.05, 0.1) is 12.8 Å². The van der Waals surface area contributed by atoms with E-state index in [2.05, 4.69) is 0 Å². The molecule has 0 saturated carbocycles. The molecule has 0 radical (unpaired) electrons. The molecule has 0 atom stereocenters. The van der Waals surface area contributed by atoms with Gasteiger partial charge in [0, 0.05) is 0 Å². The van der Waals surface area contributed by atoms with Gasteiger partial charge in [-0.2, -0.15) is 0 Å². The van der Waals surface area contributed by atoms with E-state index in [-0.39, 0.29) is 29.6 Å². The second kappa shape index (κ2) is 9.57. The van der Waals surface area contributed by atoms with Crippen LogP contribution in [0.1, 0.15) is 12.8 Å². The van der Waals surface area contributed by atoms with Crippen molar-refractivity contribution in [3.8, 4) is 0 Å². The number of hydrogen-bond acceptors (Lipinski definition) is 5. The number of aliphatic hydroxyl groups is 1. The van der Waals surface area contributed by atoms with Crippen LogP contribution >= 0.6 is 0 Å². The first-order chi connectivity index (χ1) is 7.78. The van der Waals surface area contributed by atoms with Crippen molar-refractivity contribution in [1.82, 2.24) is 0 Å². The molecule has 9 nitrogen and oxygen atoms in total. The summed E-state index contributed by atoms with van der Waals surface area (Å²) in [6, 6.07) is 0. The summed E-state index contributed by atoms with van der Waals surface area (Å²) in [5.74, 6) is -5.02. The molecule has 0 spiro atoms. The third-order valence-corrected chi connectivity index (χ3v) is 1.29. The molecule has 0 saturated heterocycles. The molecular formula is C8H16AsNaO9. The van der Waals surface area contributed by atoms with Gasteiger partial charge in [-0.15, -0.1) is 0 Å². The van der Waals surface area contributed by atoms with Gasteiger partial charge in [0.15, 0.2) is 5.60 Å². The van der Waals surface area contributed by atoms with Crippen LogP contribution in [0.15, 0.2) is 0 Å². The van der Waals surface area contributed by atoms with E-state index >= 15 is 0 Å². The van der Waals surface area contributed by atoms with Crippen molar-refractivity contribution in [2.24, 2.45) is 0 Å². The van der Waals surface area contributed by atoms with Gasteiger partial charge in [-0.3, -0.25) is 9.59 Å². The van der Waals surface area contributed by atoms with Crippen molar-refractivity contribution in [3.63, 3.8) is 0 Å². The molecule has 19 heavy (non-hydrogen) atoms. The summed E-state index contributed by atoms with van der Waals surface area (Å²) >= 11 is -3.12. The summed E-state index contributed by atoms with van der Waals surface area (Å²) in [6.45, 7) is 0. The standard InChI is InChI=1S/C6H8O7.C2H7AsO2.Na.H/c7-3(8)1-6(13,5(11)12)2-4(9)10;1-3(2,4)5;;/h13H,1-2H2,(H,7,8)(H,9,10)(H,11,12);1-2H3,(H,4,5);;. The zero-order chi connectivity index (χ0) is 15.1. The van der Waals surface area contributed by atoms with Crippen molar-refractivity contribution >= 4 is 61.3 Å². The summed E-state index contributed by atoms with van der Waals surface area (Å²) in [6.07, 6.45) is -2.29. The molecule has 5 N–H and O–H groups in total. The van der Waals surface area contributed by atoms with Crippen molar-refractivity contribution in [2.45, 2.75) is 29.9 Å². The van der Waals surface area contributed by atoms with Crippen LogP contribution in [0.3, 0.4) is 0 Å². The van der Waals surface area contributed by atoms with E-state index in [4.69, 9.17) is 24.5 Å². The third kappa shape index (κ3) is 17.7. The second-order valence-electron chi connectivity index (χ2n) is 3.77. The molecule has 0 heterocycles. The molecule has 0 aliphatic carbocycles. The van der Waals surface area contributed by atoms with Crippen LogP contribution < -0.4 is 0 Å². The molecule has 0 bridgehead atoms. The molecule has 0 aromatic heterocycles. The molecule has 0 aromatic rings. The zero-order valence-corrected chi connectivity index (χ0v) is 11.6. The Morgan fingerprint density at radius 1 is 1.00 bits per heavy atom. The van der Waals surface area contributed by atoms with Gasteiger partial charge in [0.25, 0.3) is 0 Å². The molecule has 0 fully saturated rings. The Bertz CT molecular complexity index is 350. The minimum absolute atomic E-state index is 0. The van der Waals surface area contributed by atoms with Gasteiger partial charge < -0.3 is 20.4 Å². The van der Waals surface area contributed by atoms with E-state index in [1.165, 1.54) is 11.4 Å². The predicted octanol–water partition coefficient (Wildman–Crippen LogP) is -1.79. The first-order valence-corrected chi connectivity index (χ1v) is 9.81. The number of aliphatic carboxylic acids is 3. The Kier molecular flexibility index (Phi) is 12.0. The number of carboxylic acid groups (broad SMARTS) is 3. The van der Waals surface area contributed by atoms with Crippen LogP contribution in [0, 0.1) is 0 Å². The van der Waals surface area contributed by atoms with Crippen molar-refractivity contribution < 1.29 is 42.6 Å². The first-order valence-electron chi connectivity index (χ1n) is 4.45. The van der Waals surface area contributed by atoms with Gasteiger partial charge in [-0.05, 0) is 0 Å². The van der Waals surface area contributed by atoms with Gasteiger partial charge in [0.2, 0.25) is 0 Å². The summed E-state index contributed by atoms with van der Waals surface area (Å²) < 4.78 is 18.0. The van der Waals surface area contributed by atoms with Crippen LogP contribution in [-0.2, 0) is 18.1 Å².